The van der Waals surface area contributed by atoms with Crippen molar-refractivity contribution < 1.29 is 51.3 Å². The van der Waals surface area contributed by atoms with Gasteiger partial charge in [0.2, 0.25) is 0 Å². The molecule has 1 heterocycles. The third-order valence-electron chi connectivity index (χ3n) is 2.52. The fraction of sp³-hybridized carbons (Fsp3) is 0.0714. The zero-order valence-corrected chi connectivity index (χ0v) is 17.7. The molecule has 21 heavy (non-hydrogen) atoms. The second-order valence-corrected chi connectivity index (χ2v) is 6.75. The van der Waals surface area contributed by atoms with Gasteiger partial charge in [-0.1, -0.05) is 39.0 Å². The summed E-state index contributed by atoms with van der Waals surface area (Å²) in [7, 11) is 0. The summed E-state index contributed by atoms with van der Waals surface area (Å²) in [6.07, 6.45) is 0. The van der Waals surface area contributed by atoms with Gasteiger partial charge in [0, 0.05) is 51.3 Å². The van der Waals surface area contributed by atoms with Gasteiger partial charge < -0.3 is 5.73 Å². The molecule has 0 unspecified atom stereocenters. The maximum absolute atomic E-state index is 6.14. The van der Waals surface area contributed by atoms with Gasteiger partial charge in [0.15, 0.2) is 0 Å². The molecule has 104 valence electrons. The van der Waals surface area contributed by atoms with E-state index in [4.69, 9.17) is 17.3 Å². The molecule has 1 aromatic heterocycles. The largest absolute Gasteiger partial charge is 0.449 e. The van der Waals surface area contributed by atoms with Crippen molar-refractivity contribution in [3.8, 4) is 0 Å². The second kappa shape index (κ2) is 8.35. The second-order valence-electron chi connectivity index (χ2n) is 4.06. The number of rotatable bonds is 2. The van der Waals surface area contributed by atoms with E-state index < -0.39 is 0 Å². The Morgan fingerprint density at radius 2 is 2.05 bits per heavy atom. The quantitative estimate of drug-likeness (QED) is 0.464. The van der Waals surface area contributed by atoms with Gasteiger partial charge in [0.05, 0.1) is 0 Å². The third kappa shape index (κ3) is 4.71. The van der Waals surface area contributed by atoms with E-state index in [1.165, 1.54) is 11.8 Å². The van der Waals surface area contributed by atoms with Crippen LogP contribution < -0.4 is 5.73 Å². The van der Waals surface area contributed by atoms with Crippen LogP contribution in [0, 0.1) is 19.1 Å². The number of aromatic nitrogens is 1. The molecule has 0 saturated heterocycles. The van der Waals surface area contributed by atoms with E-state index >= 15 is 0 Å². The number of nitrogen functional groups attached to an aromatic ring is 1. The van der Waals surface area contributed by atoms with Crippen molar-refractivity contribution in [2.24, 2.45) is 0 Å². The van der Waals surface area contributed by atoms with Crippen LogP contribution in [0.4, 0.5) is 5.69 Å². The van der Waals surface area contributed by atoms with Crippen LogP contribution in [-0.2, 0) is 51.3 Å². The summed E-state index contributed by atoms with van der Waals surface area (Å²) < 4.78 is 2.10. The Balaban J connectivity index is 0.00000110. The van der Waals surface area contributed by atoms with Crippen molar-refractivity contribution in [2.45, 2.75) is 16.2 Å². The average molecular weight is 445 g/mol. The summed E-state index contributed by atoms with van der Waals surface area (Å²) in [6.45, 7) is 2.02. The number of hydrogen-bond acceptors (Lipinski definition) is 4. The molecule has 7 heteroatoms. The van der Waals surface area contributed by atoms with Crippen LogP contribution >= 0.6 is 34.7 Å². The number of aryl methyl sites for hydroxylation is 1. The monoisotopic (exact) mass is 444 g/mol. The minimum Gasteiger partial charge on any atom is -0.449 e. The van der Waals surface area contributed by atoms with Crippen molar-refractivity contribution in [2.75, 3.05) is 5.73 Å². The molecule has 0 spiro atoms. The Morgan fingerprint density at radius 1 is 1.29 bits per heavy atom. The maximum atomic E-state index is 6.14. The summed E-state index contributed by atoms with van der Waals surface area (Å²) in [4.78, 5) is 5.40. The van der Waals surface area contributed by atoms with Gasteiger partial charge in [-0.2, -0.15) is 41.4 Å². The fourth-order valence-electron chi connectivity index (χ4n) is 1.63. The van der Waals surface area contributed by atoms with Crippen LogP contribution in [0.2, 0.25) is 5.02 Å². The summed E-state index contributed by atoms with van der Waals surface area (Å²) >= 11 is 9.29. The first-order valence-corrected chi connectivity index (χ1v) is 7.56. The number of thiazole rings is 1. The molecule has 0 saturated carbocycles. The summed E-state index contributed by atoms with van der Waals surface area (Å²) in [5, 5.41) is 0.604. The standard InChI is InChI=1S/C14H9ClN2S2.V.Y/c1-8-2-4-11-13(6-8)19-14(17-11)18-12-5-3-9(16)7-10(12)15;;/h3-4,6-7H,16H2,1H3;;/q-2;;. The van der Waals surface area contributed by atoms with Crippen molar-refractivity contribution in [1.29, 1.82) is 0 Å². The van der Waals surface area contributed by atoms with Gasteiger partial charge in [0.25, 0.3) is 0 Å². The van der Waals surface area contributed by atoms with Crippen LogP contribution in [0.25, 0.3) is 10.2 Å². The van der Waals surface area contributed by atoms with E-state index in [1.807, 2.05) is 13.0 Å². The number of anilines is 1. The Bertz CT molecular complexity index is 764. The number of fused-ring (bicyclic) bond motifs is 1. The van der Waals surface area contributed by atoms with Crippen molar-refractivity contribution >= 4 is 50.6 Å². The zero-order chi connectivity index (χ0) is 13.4. The van der Waals surface area contributed by atoms with Crippen LogP contribution in [0.1, 0.15) is 5.56 Å². The summed E-state index contributed by atoms with van der Waals surface area (Å²) in [5.41, 5.74) is 8.35. The van der Waals surface area contributed by atoms with Crippen LogP contribution in [0.15, 0.2) is 33.5 Å². The van der Waals surface area contributed by atoms with Crippen molar-refractivity contribution in [3.05, 3.63) is 47.0 Å². The van der Waals surface area contributed by atoms with Crippen molar-refractivity contribution in [1.82, 2.24) is 4.98 Å². The molecule has 0 aliphatic heterocycles. The van der Waals surface area contributed by atoms with Crippen LogP contribution in [-0.4, -0.2) is 4.98 Å². The smallest absolute Gasteiger partial charge is 0.139 e. The van der Waals surface area contributed by atoms with E-state index in [2.05, 4.69) is 23.2 Å². The molecule has 3 aromatic rings. The Morgan fingerprint density at radius 3 is 2.76 bits per heavy atom. The van der Waals surface area contributed by atoms with Gasteiger partial charge in [-0.15, -0.1) is 23.5 Å². The third-order valence-corrected chi connectivity index (χ3v) is 5.05. The Labute approximate surface area is 174 Å². The number of hydrogen-bond donors (Lipinski definition) is 1. The Hall–Kier alpha value is 0.458. The summed E-state index contributed by atoms with van der Waals surface area (Å²) in [5.74, 6) is 0. The predicted molar refractivity (Wildman–Crippen MR) is 82.0 cm³/mol. The number of halogens is 1. The molecular formula is C14H9ClN2S2VY-2. The molecule has 0 atom stereocenters. The SMILES string of the molecule is Cc1[c-]cc2nc(Sc3[c-]cc(N)cc3Cl)sc2c1.[V].[Y]. The average Bonchev–Trinajstić information content (AvgIpc) is 2.74. The molecular weight excluding hydrogens is 436 g/mol. The number of benzene rings is 2. The van der Waals surface area contributed by atoms with Crippen LogP contribution in [0.5, 0.6) is 0 Å². The van der Waals surface area contributed by atoms with E-state index in [9.17, 15) is 0 Å². The molecule has 2 aromatic carbocycles. The van der Waals surface area contributed by atoms with Crippen molar-refractivity contribution in [3.63, 3.8) is 0 Å². The van der Waals surface area contributed by atoms with Gasteiger partial charge in [0.1, 0.15) is 4.34 Å². The molecule has 0 fully saturated rings. The normalized spacial score (nSPS) is 10.0. The zero-order valence-electron chi connectivity index (χ0n) is 11.1. The van der Waals surface area contributed by atoms with E-state index in [-0.39, 0.29) is 51.3 Å². The predicted octanol–water partition coefficient (Wildman–Crippen LogP) is 4.59. The molecule has 2 nitrogen and oxygen atoms in total. The maximum Gasteiger partial charge on any atom is 0.139 e. The molecule has 3 rings (SSSR count). The topological polar surface area (TPSA) is 38.9 Å². The van der Waals surface area contributed by atoms with Gasteiger partial charge in [-0.3, -0.25) is 4.98 Å². The molecule has 0 aliphatic carbocycles. The first kappa shape index (κ1) is 19.5. The number of nitrogens with two attached hydrogens (primary N) is 1. The molecule has 0 bridgehead atoms. The molecule has 2 N–H and O–H groups in total. The minimum atomic E-state index is 0. The Kier molecular flexibility index (Phi) is 7.76. The van der Waals surface area contributed by atoms with E-state index in [0.29, 0.717) is 10.7 Å². The first-order chi connectivity index (χ1) is 9.11. The number of nitrogens with zero attached hydrogens (tertiary/aromatic N) is 1. The van der Waals surface area contributed by atoms with Gasteiger partial charge >= 0.3 is 0 Å². The molecule has 0 amide bonds. The van der Waals surface area contributed by atoms with Gasteiger partial charge in [-0.25, -0.2) is 0 Å². The minimum absolute atomic E-state index is 0. The summed E-state index contributed by atoms with van der Waals surface area (Å²) in [6, 6.07) is 13.7. The first-order valence-electron chi connectivity index (χ1n) is 5.55. The van der Waals surface area contributed by atoms with E-state index in [0.717, 1.165) is 25.0 Å². The fourth-order valence-corrected chi connectivity index (χ4v) is 3.98. The molecule has 2 radical (unpaired) electrons. The van der Waals surface area contributed by atoms with Crippen LogP contribution in [0.3, 0.4) is 0 Å². The van der Waals surface area contributed by atoms with Gasteiger partial charge in [-0.05, 0) is 5.52 Å². The molecule has 0 aliphatic rings. The van der Waals surface area contributed by atoms with E-state index in [1.54, 1.807) is 23.5 Å².